The Morgan fingerprint density at radius 3 is 2.69 bits per heavy atom. The molecule has 0 aliphatic carbocycles. The maximum absolute atomic E-state index is 6.13. The molecule has 1 N–H and O–H groups in total. The highest BCUT2D eigenvalue weighted by atomic mass is 28.4. The summed E-state index contributed by atoms with van der Waals surface area (Å²) in [5.74, 6) is 1.06. The standard InChI is InChI=1S/C13H21NOSi/c1-10-7-8-12(15-16(2,3)4)13-11(10)6-5-9-14-13/h7-8,14H,5-6,9H2,1-4H3. The molecule has 3 heteroatoms. The van der Waals surface area contributed by atoms with E-state index in [1.165, 1.54) is 29.7 Å². The first kappa shape index (κ1) is 11.5. The van der Waals surface area contributed by atoms with Gasteiger partial charge in [0, 0.05) is 6.54 Å². The van der Waals surface area contributed by atoms with E-state index in [1.807, 2.05) is 0 Å². The van der Waals surface area contributed by atoms with Crippen LogP contribution in [0.5, 0.6) is 5.75 Å². The summed E-state index contributed by atoms with van der Waals surface area (Å²) in [6.07, 6.45) is 2.40. The average Bonchev–Trinajstić information content (AvgIpc) is 2.21. The van der Waals surface area contributed by atoms with E-state index in [0.717, 1.165) is 12.3 Å². The summed E-state index contributed by atoms with van der Waals surface area (Å²) in [4.78, 5) is 0. The van der Waals surface area contributed by atoms with E-state index in [1.54, 1.807) is 0 Å². The van der Waals surface area contributed by atoms with Crippen molar-refractivity contribution in [1.82, 2.24) is 0 Å². The molecule has 0 saturated heterocycles. The van der Waals surface area contributed by atoms with Gasteiger partial charge in [-0.2, -0.15) is 0 Å². The van der Waals surface area contributed by atoms with E-state index in [9.17, 15) is 0 Å². The molecular formula is C13H21NOSi. The highest BCUT2D eigenvalue weighted by Crippen LogP contribution is 2.35. The van der Waals surface area contributed by atoms with Crippen LogP contribution in [0.4, 0.5) is 5.69 Å². The number of fused-ring (bicyclic) bond motifs is 1. The molecular weight excluding hydrogens is 214 g/mol. The van der Waals surface area contributed by atoms with Crippen LogP contribution in [0.25, 0.3) is 0 Å². The van der Waals surface area contributed by atoms with Crippen molar-refractivity contribution in [3.63, 3.8) is 0 Å². The van der Waals surface area contributed by atoms with Gasteiger partial charge in [-0.25, -0.2) is 0 Å². The monoisotopic (exact) mass is 235 g/mol. The third-order valence-corrected chi connectivity index (χ3v) is 3.66. The minimum Gasteiger partial charge on any atom is -0.543 e. The van der Waals surface area contributed by atoms with Crippen LogP contribution in [0.3, 0.4) is 0 Å². The van der Waals surface area contributed by atoms with E-state index in [2.05, 4.69) is 44.0 Å². The fraction of sp³-hybridized carbons (Fsp3) is 0.538. The molecule has 0 saturated carbocycles. The van der Waals surface area contributed by atoms with Crippen LogP contribution in [-0.4, -0.2) is 14.9 Å². The molecule has 0 radical (unpaired) electrons. The van der Waals surface area contributed by atoms with E-state index in [4.69, 9.17) is 4.43 Å². The van der Waals surface area contributed by atoms with E-state index >= 15 is 0 Å². The van der Waals surface area contributed by atoms with Crippen molar-refractivity contribution in [1.29, 1.82) is 0 Å². The molecule has 2 rings (SSSR count). The number of nitrogens with one attached hydrogen (secondary N) is 1. The quantitative estimate of drug-likeness (QED) is 0.791. The second-order valence-electron chi connectivity index (χ2n) is 5.48. The Kier molecular flexibility index (Phi) is 2.97. The molecule has 1 aliphatic rings. The predicted octanol–water partition coefficient (Wildman–Crippen LogP) is 3.57. The fourth-order valence-electron chi connectivity index (χ4n) is 2.14. The number of hydrogen-bond donors (Lipinski definition) is 1. The first-order valence-corrected chi connectivity index (χ1v) is 9.43. The van der Waals surface area contributed by atoms with E-state index in [-0.39, 0.29) is 0 Å². The van der Waals surface area contributed by atoms with Gasteiger partial charge in [0.15, 0.2) is 0 Å². The minimum absolute atomic E-state index is 1.06. The molecule has 1 aromatic rings. The van der Waals surface area contributed by atoms with Crippen molar-refractivity contribution in [3.05, 3.63) is 23.3 Å². The molecule has 0 bridgehead atoms. The molecule has 1 aliphatic heterocycles. The zero-order chi connectivity index (χ0) is 11.8. The summed E-state index contributed by atoms with van der Waals surface area (Å²) in [5, 5.41) is 3.49. The molecule has 0 atom stereocenters. The lowest BCUT2D eigenvalue weighted by Crippen LogP contribution is -2.30. The fourth-order valence-corrected chi connectivity index (χ4v) is 2.97. The van der Waals surface area contributed by atoms with Gasteiger partial charge in [0.2, 0.25) is 8.32 Å². The van der Waals surface area contributed by atoms with Gasteiger partial charge in [-0.3, -0.25) is 0 Å². The SMILES string of the molecule is Cc1ccc(O[Si](C)(C)C)c2c1CCCN2. The lowest BCUT2D eigenvalue weighted by molar-refractivity contribution is 0.556. The average molecular weight is 235 g/mol. The van der Waals surface area contributed by atoms with Gasteiger partial charge in [0.25, 0.3) is 0 Å². The molecule has 0 amide bonds. The van der Waals surface area contributed by atoms with Crippen LogP contribution in [0.15, 0.2) is 12.1 Å². The van der Waals surface area contributed by atoms with Crippen LogP contribution < -0.4 is 9.74 Å². The molecule has 0 fully saturated rings. The number of rotatable bonds is 2. The molecule has 16 heavy (non-hydrogen) atoms. The summed E-state index contributed by atoms with van der Waals surface area (Å²) >= 11 is 0. The van der Waals surface area contributed by atoms with Crippen molar-refractivity contribution in [2.45, 2.75) is 39.4 Å². The van der Waals surface area contributed by atoms with Crippen molar-refractivity contribution in [2.24, 2.45) is 0 Å². The van der Waals surface area contributed by atoms with Gasteiger partial charge in [0.1, 0.15) is 5.75 Å². The lowest BCUT2D eigenvalue weighted by atomic mass is 9.98. The normalized spacial score (nSPS) is 15.2. The third kappa shape index (κ3) is 2.40. The van der Waals surface area contributed by atoms with Gasteiger partial charge >= 0.3 is 0 Å². The highest BCUT2D eigenvalue weighted by Gasteiger charge is 2.21. The van der Waals surface area contributed by atoms with Gasteiger partial charge in [-0.05, 0) is 56.6 Å². The lowest BCUT2D eigenvalue weighted by Gasteiger charge is -2.27. The van der Waals surface area contributed by atoms with Crippen LogP contribution in [-0.2, 0) is 6.42 Å². The van der Waals surface area contributed by atoms with Crippen LogP contribution in [0, 0.1) is 6.92 Å². The topological polar surface area (TPSA) is 21.3 Å². The van der Waals surface area contributed by atoms with Gasteiger partial charge in [0.05, 0.1) is 5.69 Å². The van der Waals surface area contributed by atoms with Crippen molar-refractivity contribution < 1.29 is 4.43 Å². The Hall–Kier alpha value is -0.963. The second-order valence-corrected chi connectivity index (χ2v) is 9.91. The molecule has 2 nitrogen and oxygen atoms in total. The minimum atomic E-state index is -1.51. The van der Waals surface area contributed by atoms with E-state index in [0.29, 0.717) is 0 Å². The summed E-state index contributed by atoms with van der Waals surface area (Å²) in [7, 11) is -1.51. The number of aryl methyl sites for hydroxylation is 1. The van der Waals surface area contributed by atoms with Crippen LogP contribution in [0.2, 0.25) is 19.6 Å². The molecule has 88 valence electrons. The van der Waals surface area contributed by atoms with Gasteiger partial charge in [-0.1, -0.05) is 6.07 Å². The number of benzene rings is 1. The first-order valence-electron chi connectivity index (χ1n) is 6.03. The Morgan fingerprint density at radius 2 is 2.00 bits per heavy atom. The molecule has 1 aromatic carbocycles. The smallest absolute Gasteiger partial charge is 0.242 e. The zero-order valence-corrected chi connectivity index (χ0v) is 11.7. The first-order chi connectivity index (χ1) is 7.47. The molecule has 0 aromatic heterocycles. The predicted molar refractivity (Wildman–Crippen MR) is 72.0 cm³/mol. The zero-order valence-electron chi connectivity index (χ0n) is 10.7. The Balaban J connectivity index is 2.39. The molecule has 0 spiro atoms. The summed E-state index contributed by atoms with van der Waals surface area (Å²) in [5.41, 5.74) is 4.07. The third-order valence-electron chi connectivity index (χ3n) is 2.83. The van der Waals surface area contributed by atoms with Crippen LogP contribution >= 0.6 is 0 Å². The van der Waals surface area contributed by atoms with Crippen molar-refractivity contribution >= 4 is 14.0 Å². The largest absolute Gasteiger partial charge is 0.543 e. The Morgan fingerprint density at radius 1 is 1.25 bits per heavy atom. The maximum Gasteiger partial charge on any atom is 0.242 e. The van der Waals surface area contributed by atoms with Gasteiger partial charge in [-0.15, -0.1) is 0 Å². The summed E-state index contributed by atoms with van der Waals surface area (Å²) in [6.45, 7) is 9.93. The van der Waals surface area contributed by atoms with Crippen molar-refractivity contribution in [3.8, 4) is 5.75 Å². The summed E-state index contributed by atoms with van der Waals surface area (Å²) < 4.78 is 6.13. The van der Waals surface area contributed by atoms with Crippen molar-refractivity contribution in [2.75, 3.05) is 11.9 Å². The number of hydrogen-bond acceptors (Lipinski definition) is 2. The Labute approximate surface area is 99.1 Å². The second kappa shape index (κ2) is 4.13. The Bertz CT molecular complexity index is 396. The maximum atomic E-state index is 6.13. The molecule has 0 unspecified atom stereocenters. The van der Waals surface area contributed by atoms with E-state index < -0.39 is 8.32 Å². The highest BCUT2D eigenvalue weighted by molar-refractivity contribution is 6.70. The van der Waals surface area contributed by atoms with Gasteiger partial charge < -0.3 is 9.74 Å². The number of anilines is 1. The summed E-state index contributed by atoms with van der Waals surface area (Å²) in [6, 6.07) is 4.30. The van der Waals surface area contributed by atoms with Crippen LogP contribution in [0.1, 0.15) is 17.5 Å². The molecule has 1 heterocycles.